The van der Waals surface area contributed by atoms with Crippen molar-refractivity contribution in [3.8, 4) is 5.75 Å². The van der Waals surface area contributed by atoms with Crippen LogP contribution in [0.15, 0.2) is 29.2 Å². The number of rotatable bonds is 5. The molecular weight excluding hydrogens is 316 g/mol. The molecule has 0 unspecified atom stereocenters. The first kappa shape index (κ1) is 17.5. The van der Waals surface area contributed by atoms with Gasteiger partial charge in [0.2, 0.25) is 15.9 Å². The van der Waals surface area contributed by atoms with E-state index >= 15 is 0 Å². The molecular formula is C16H22N2O4S. The highest BCUT2D eigenvalue weighted by molar-refractivity contribution is 7.89. The Morgan fingerprint density at radius 1 is 1.26 bits per heavy atom. The molecule has 1 amide bonds. The Kier molecular flexibility index (Phi) is 5.43. The highest BCUT2D eigenvalue weighted by atomic mass is 32.2. The summed E-state index contributed by atoms with van der Waals surface area (Å²) in [6.45, 7) is 1.57. The zero-order valence-corrected chi connectivity index (χ0v) is 14.5. The molecule has 0 bridgehead atoms. The van der Waals surface area contributed by atoms with Crippen LogP contribution in [0.1, 0.15) is 18.4 Å². The van der Waals surface area contributed by atoms with E-state index in [0.717, 1.165) is 30.2 Å². The second-order valence-electron chi connectivity index (χ2n) is 5.56. The Morgan fingerprint density at radius 3 is 2.48 bits per heavy atom. The van der Waals surface area contributed by atoms with Gasteiger partial charge < -0.3 is 9.64 Å². The van der Waals surface area contributed by atoms with E-state index in [1.165, 1.54) is 33.3 Å². The van der Waals surface area contributed by atoms with Crippen LogP contribution in [0.25, 0.3) is 6.08 Å². The predicted octanol–water partition coefficient (Wildman–Crippen LogP) is 1.58. The number of benzene rings is 1. The fourth-order valence-electron chi connectivity index (χ4n) is 2.41. The first-order chi connectivity index (χ1) is 10.9. The van der Waals surface area contributed by atoms with Gasteiger partial charge in [-0.25, -0.2) is 12.7 Å². The second-order valence-corrected chi connectivity index (χ2v) is 7.68. The Morgan fingerprint density at radius 2 is 1.91 bits per heavy atom. The number of amides is 1. The summed E-state index contributed by atoms with van der Waals surface area (Å²) in [5, 5.41) is 0. The number of hydrogen-bond acceptors (Lipinski definition) is 4. The zero-order chi connectivity index (χ0) is 17.0. The van der Waals surface area contributed by atoms with Gasteiger partial charge in [-0.05, 0) is 36.6 Å². The van der Waals surface area contributed by atoms with Crippen molar-refractivity contribution in [1.29, 1.82) is 0 Å². The highest BCUT2D eigenvalue weighted by Crippen LogP contribution is 2.27. The molecule has 2 rings (SSSR count). The van der Waals surface area contributed by atoms with Gasteiger partial charge in [0, 0.05) is 33.3 Å². The van der Waals surface area contributed by atoms with Gasteiger partial charge in [-0.15, -0.1) is 0 Å². The molecule has 1 aliphatic rings. The van der Waals surface area contributed by atoms with Crippen molar-refractivity contribution in [2.75, 3.05) is 34.3 Å². The van der Waals surface area contributed by atoms with Crippen molar-refractivity contribution >= 4 is 22.0 Å². The number of hydrogen-bond donors (Lipinski definition) is 0. The molecule has 0 atom stereocenters. The van der Waals surface area contributed by atoms with E-state index in [0.29, 0.717) is 5.56 Å². The van der Waals surface area contributed by atoms with Crippen molar-refractivity contribution in [3.05, 3.63) is 29.8 Å². The van der Waals surface area contributed by atoms with Crippen LogP contribution in [0.3, 0.4) is 0 Å². The fraction of sp³-hybridized carbons (Fsp3) is 0.438. The number of carbonyl (C=O) groups is 1. The first-order valence-corrected chi connectivity index (χ1v) is 8.88. The third-order valence-corrected chi connectivity index (χ3v) is 5.62. The lowest BCUT2D eigenvalue weighted by atomic mass is 10.2. The molecule has 1 saturated heterocycles. The summed E-state index contributed by atoms with van der Waals surface area (Å²) in [7, 11) is 0.743. The lowest BCUT2D eigenvalue weighted by Gasteiger charge is -2.15. The van der Waals surface area contributed by atoms with Crippen LogP contribution in [0.2, 0.25) is 0 Å². The van der Waals surface area contributed by atoms with Crippen molar-refractivity contribution < 1.29 is 17.9 Å². The third-order valence-electron chi connectivity index (χ3n) is 3.78. The smallest absolute Gasteiger partial charge is 0.246 e. The number of ether oxygens (including phenoxy) is 1. The summed E-state index contributed by atoms with van der Waals surface area (Å²) < 4.78 is 31.0. The lowest BCUT2D eigenvalue weighted by molar-refractivity contribution is -0.124. The SMILES string of the molecule is COc1ccc(C=CC(=O)N2CCCC2)cc1S(=O)(=O)N(C)C. The van der Waals surface area contributed by atoms with Gasteiger partial charge in [0.05, 0.1) is 7.11 Å². The van der Waals surface area contributed by atoms with Gasteiger partial charge in [-0.2, -0.15) is 0 Å². The maximum absolute atomic E-state index is 12.4. The topological polar surface area (TPSA) is 66.9 Å². The molecule has 1 aromatic rings. The summed E-state index contributed by atoms with van der Waals surface area (Å²) in [6, 6.07) is 4.83. The molecule has 23 heavy (non-hydrogen) atoms. The van der Waals surface area contributed by atoms with E-state index in [1.54, 1.807) is 23.1 Å². The van der Waals surface area contributed by atoms with Gasteiger partial charge in [-0.3, -0.25) is 4.79 Å². The number of likely N-dealkylation sites (tertiary alicyclic amines) is 1. The lowest BCUT2D eigenvalue weighted by Crippen LogP contribution is -2.25. The summed E-state index contributed by atoms with van der Waals surface area (Å²) in [5.41, 5.74) is 0.638. The molecule has 1 heterocycles. The molecule has 0 radical (unpaired) electrons. The van der Waals surface area contributed by atoms with Crippen LogP contribution >= 0.6 is 0 Å². The van der Waals surface area contributed by atoms with Crippen molar-refractivity contribution in [3.63, 3.8) is 0 Å². The van der Waals surface area contributed by atoms with Crippen LogP contribution in [0, 0.1) is 0 Å². The summed E-state index contributed by atoms with van der Waals surface area (Å²) in [6.07, 6.45) is 5.19. The predicted molar refractivity (Wildman–Crippen MR) is 88.7 cm³/mol. The van der Waals surface area contributed by atoms with E-state index < -0.39 is 10.0 Å². The Balaban J connectivity index is 2.29. The monoisotopic (exact) mass is 338 g/mol. The average molecular weight is 338 g/mol. The average Bonchev–Trinajstić information content (AvgIpc) is 3.06. The summed E-state index contributed by atoms with van der Waals surface area (Å²) in [4.78, 5) is 13.9. The molecule has 6 nitrogen and oxygen atoms in total. The molecule has 1 aliphatic heterocycles. The molecule has 0 aromatic heterocycles. The van der Waals surface area contributed by atoms with Gasteiger partial charge in [0.25, 0.3) is 0 Å². The third kappa shape index (κ3) is 3.92. The minimum atomic E-state index is -3.62. The van der Waals surface area contributed by atoms with Crippen molar-refractivity contribution in [2.24, 2.45) is 0 Å². The first-order valence-electron chi connectivity index (χ1n) is 7.44. The number of carbonyl (C=O) groups excluding carboxylic acids is 1. The van der Waals surface area contributed by atoms with E-state index in [1.807, 2.05) is 0 Å². The Bertz CT molecular complexity index is 705. The van der Waals surface area contributed by atoms with E-state index in [2.05, 4.69) is 0 Å². The van der Waals surface area contributed by atoms with Crippen LogP contribution in [0.4, 0.5) is 0 Å². The van der Waals surface area contributed by atoms with Crippen LogP contribution < -0.4 is 4.74 Å². The van der Waals surface area contributed by atoms with Gasteiger partial charge >= 0.3 is 0 Å². The minimum absolute atomic E-state index is 0.0460. The van der Waals surface area contributed by atoms with Gasteiger partial charge in [0.15, 0.2) is 0 Å². The summed E-state index contributed by atoms with van der Waals surface area (Å²) >= 11 is 0. The number of sulfonamides is 1. The standard InChI is InChI=1S/C16H22N2O4S/c1-17(2)23(20,21)15-12-13(6-8-14(15)22-3)7-9-16(19)18-10-4-5-11-18/h6-9,12H,4-5,10-11H2,1-3H3. The number of methoxy groups -OCH3 is 1. The van der Waals surface area contributed by atoms with Gasteiger partial charge in [-0.1, -0.05) is 6.07 Å². The van der Waals surface area contributed by atoms with Crippen LogP contribution in [-0.4, -0.2) is 57.8 Å². The Labute approximate surface area is 137 Å². The van der Waals surface area contributed by atoms with E-state index in [-0.39, 0.29) is 16.6 Å². The summed E-state index contributed by atoms with van der Waals surface area (Å²) in [5.74, 6) is 0.233. The molecule has 126 valence electrons. The molecule has 1 fully saturated rings. The molecule has 0 N–H and O–H groups in total. The quantitative estimate of drug-likeness (QED) is 0.765. The van der Waals surface area contributed by atoms with Gasteiger partial charge in [0.1, 0.15) is 10.6 Å². The molecule has 0 spiro atoms. The molecule has 0 aliphatic carbocycles. The second kappa shape index (κ2) is 7.14. The molecule has 0 saturated carbocycles. The van der Waals surface area contributed by atoms with Crippen molar-refractivity contribution in [2.45, 2.75) is 17.7 Å². The highest BCUT2D eigenvalue weighted by Gasteiger charge is 2.22. The maximum atomic E-state index is 12.4. The zero-order valence-electron chi connectivity index (χ0n) is 13.7. The number of nitrogens with zero attached hydrogens (tertiary/aromatic N) is 2. The minimum Gasteiger partial charge on any atom is -0.495 e. The van der Waals surface area contributed by atoms with E-state index in [9.17, 15) is 13.2 Å². The maximum Gasteiger partial charge on any atom is 0.246 e. The van der Waals surface area contributed by atoms with Crippen molar-refractivity contribution in [1.82, 2.24) is 9.21 Å². The Hall–Kier alpha value is -1.86. The largest absolute Gasteiger partial charge is 0.495 e. The molecule has 1 aromatic carbocycles. The normalized spacial score (nSPS) is 15.6. The molecule has 7 heteroatoms. The fourth-order valence-corrected chi connectivity index (χ4v) is 3.49. The van der Waals surface area contributed by atoms with E-state index in [4.69, 9.17) is 4.74 Å². The van der Waals surface area contributed by atoms with Crippen LogP contribution in [-0.2, 0) is 14.8 Å². The van der Waals surface area contributed by atoms with Crippen LogP contribution in [0.5, 0.6) is 5.75 Å².